The van der Waals surface area contributed by atoms with Crippen LogP contribution in [0.25, 0.3) is 11.0 Å². The Kier molecular flexibility index (Phi) is 2.96. The zero-order valence-corrected chi connectivity index (χ0v) is 11.6. The number of benzene rings is 1. The number of imidazole rings is 1. The fraction of sp³-hybridized carbons (Fsp3) is 0.500. The Morgan fingerprint density at radius 1 is 1.37 bits per heavy atom. The van der Waals surface area contributed by atoms with Gasteiger partial charge in [-0.15, -0.1) is 0 Å². The third-order valence-corrected chi connectivity index (χ3v) is 4.78. The zero-order valence-electron chi connectivity index (χ0n) is 10.8. The molecule has 0 radical (unpaired) electrons. The van der Waals surface area contributed by atoms with E-state index in [1.54, 1.807) is 0 Å². The predicted molar refractivity (Wildman–Crippen MR) is 73.6 cm³/mol. The lowest BCUT2D eigenvalue weighted by Gasteiger charge is -2.41. The van der Waals surface area contributed by atoms with E-state index in [-0.39, 0.29) is 5.41 Å². The van der Waals surface area contributed by atoms with Gasteiger partial charge in [0.05, 0.1) is 5.52 Å². The van der Waals surface area contributed by atoms with Crippen molar-refractivity contribution in [3.63, 3.8) is 0 Å². The maximum atomic E-state index is 13.7. The van der Waals surface area contributed by atoms with Crippen LogP contribution in [0.2, 0.25) is 0 Å². The molecule has 1 heterocycles. The van der Waals surface area contributed by atoms with Crippen LogP contribution in [0.5, 0.6) is 0 Å². The second-order valence-corrected chi connectivity index (χ2v) is 5.89. The maximum absolute atomic E-state index is 13.7. The van der Waals surface area contributed by atoms with Crippen molar-refractivity contribution in [1.82, 2.24) is 9.55 Å². The summed E-state index contributed by atoms with van der Waals surface area (Å²) in [4.78, 5) is 2.85. The van der Waals surface area contributed by atoms with Gasteiger partial charge in [-0.05, 0) is 43.0 Å². The highest BCUT2D eigenvalue weighted by Crippen LogP contribution is 2.45. The number of nitrogens with one attached hydrogen (secondary N) is 1. The van der Waals surface area contributed by atoms with Crippen LogP contribution in [0.1, 0.15) is 32.6 Å². The van der Waals surface area contributed by atoms with Gasteiger partial charge in [-0.2, -0.15) is 0 Å². The quantitative estimate of drug-likeness (QED) is 0.819. The van der Waals surface area contributed by atoms with Gasteiger partial charge in [0, 0.05) is 12.6 Å². The van der Waals surface area contributed by atoms with Crippen LogP contribution >= 0.6 is 12.2 Å². The molecule has 0 unspecified atom stereocenters. The molecule has 102 valence electrons. The highest BCUT2D eigenvalue weighted by atomic mass is 32.1. The largest absolute Gasteiger partial charge is 0.328 e. The summed E-state index contributed by atoms with van der Waals surface area (Å²) >= 11 is 5.26. The van der Waals surface area contributed by atoms with Crippen LogP contribution in [-0.4, -0.2) is 9.55 Å². The van der Waals surface area contributed by atoms with Crippen LogP contribution < -0.4 is 0 Å². The Hall–Kier alpha value is -1.23. The number of halogens is 2. The number of nitrogens with zero attached hydrogens (tertiary/aromatic N) is 1. The number of H-pyrrole nitrogens is 1. The molecule has 1 aliphatic rings. The van der Waals surface area contributed by atoms with Gasteiger partial charge in [-0.1, -0.05) is 13.3 Å². The standard InChI is InChI=1S/C14H16F2N2S/c1-2-14(4-3-5-14)8-18-11-7-9(15)6-10(16)12(11)17-13(18)19/h6-7H,2-5,8H2,1H3,(H,17,19). The minimum Gasteiger partial charge on any atom is -0.328 e. The first-order chi connectivity index (χ1) is 9.04. The molecule has 2 aromatic rings. The molecule has 0 spiro atoms. The molecule has 0 bridgehead atoms. The highest BCUT2D eigenvalue weighted by Gasteiger charge is 2.36. The summed E-state index contributed by atoms with van der Waals surface area (Å²) in [6.07, 6.45) is 4.62. The topological polar surface area (TPSA) is 20.7 Å². The number of fused-ring (bicyclic) bond motifs is 1. The number of aromatic amines is 1. The van der Waals surface area contributed by atoms with E-state index in [4.69, 9.17) is 12.2 Å². The van der Waals surface area contributed by atoms with Crippen LogP contribution in [0.4, 0.5) is 8.78 Å². The van der Waals surface area contributed by atoms with Crippen molar-refractivity contribution in [2.24, 2.45) is 5.41 Å². The summed E-state index contributed by atoms with van der Waals surface area (Å²) in [5, 5.41) is 0. The first-order valence-electron chi connectivity index (χ1n) is 6.62. The molecule has 0 amide bonds. The zero-order chi connectivity index (χ0) is 13.6. The van der Waals surface area contributed by atoms with Gasteiger partial charge < -0.3 is 9.55 Å². The molecule has 1 saturated carbocycles. The minimum atomic E-state index is -0.584. The van der Waals surface area contributed by atoms with E-state index in [2.05, 4.69) is 11.9 Å². The van der Waals surface area contributed by atoms with Gasteiger partial charge in [0.15, 0.2) is 10.6 Å². The molecule has 5 heteroatoms. The predicted octanol–water partition coefficient (Wildman–Crippen LogP) is 4.56. The van der Waals surface area contributed by atoms with Crippen molar-refractivity contribution >= 4 is 23.3 Å². The van der Waals surface area contributed by atoms with Gasteiger partial charge in [-0.25, -0.2) is 8.78 Å². The Bertz CT molecular complexity index is 677. The number of aromatic nitrogens is 2. The molecule has 1 aromatic carbocycles. The molecule has 2 nitrogen and oxygen atoms in total. The second-order valence-electron chi connectivity index (χ2n) is 5.51. The van der Waals surface area contributed by atoms with Crippen molar-refractivity contribution < 1.29 is 8.78 Å². The lowest BCUT2D eigenvalue weighted by atomic mass is 9.67. The van der Waals surface area contributed by atoms with Crippen molar-refractivity contribution in [3.8, 4) is 0 Å². The minimum absolute atomic E-state index is 0.246. The lowest BCUT2D eigenvalue weighted by molar-refractivity contribution is 0.101. The number of hydrogen-bond acceptors (Lipinski definition) is 1. The van der Waals surface area contributed by atoms with E-state index >= 15 is 0 Å². The summed E-state index contributed by atoms with van der Waals surface area (Å²) in [5.41, 5.74) is 1.08. The molecule has 1 aromatic heterocycles. The number of rotatable bonds is 3. The Morgan fingerprint density at radius 3 is 2.68 bits per heavy atom. The van der Waals surface area contributed by atoms with Crippen molar-refractivity contribution in [3.05, 3.63) is 28.5 Å². The van der Waals surface area contributed by atoms with Crippen LogP contribution in [0, 0.1) is 21.8 Å². The second kappa shape index (κ2) is 4.40. The summed E-state index contributed by atoms with van der Waals surface area (Å²) in [6.45, 7) is 2.91. The summed E-state index contributed by atoms with van der Waals surface area (Å²) in [7, 11) is 0. The average molecular weight is 282 g/mol. The van der Waals surface area contributed by atoms with Crippen molar-refractivity contribution in [1.29, 1.82) is 0 Å². The van der Waals surface area contributed by atoms with Crippen molar-refractivity contribution in [2.45, 2.75) is 39.2 Å². The summed E-state index contributed by atoms with van der Waals surface area (Å²) in [6, 6.07) is 2.24. The number of hydrogen-bond donors (Lipinski definition) is 1. The van der Waals surface area contributed by atoms with Gasteiger partial charge in [0.2, 0.25) is 0 Å². The Morgan fingerprint density at radius 2 is 2.11 bits per heavy atom. The van der Waals surface area contributed by atoms with E-state index in [0.29, 0.717) is 15.8 Å². The first kappa shape index (κ1) is 12.8. The first-order valence-corrected chi connectivity index (χ1v) is 7.03. The molecule has 3 rings (SSSR count). The van der Waals surface area contributed by atoms with Crippen molar-refractivity contribution in [2.75, 3.05) is 0 Å². The fourth-order valence-corrected chi connectivity index (χ4v) is 3.24. The van der Waals surface area contributed by atoms with Gasteiger partial charge in [0.25, 0.3) is 0 Å². The van der Waals surface area contributed by atoms with E-state index in [0.717, 1.165) is 31.9 Å². The van der Waals surface area contributed by atoms with Crippen LogP contribution in [-0.2, 0) is 6.54 Å². The molecule has 0 aliphatic heterocycles. The van der Waals surface area contributed by atoms with Crippen LogP contribution in [0.3, 0.4) is 0 Å². The fourth-order valence-electron chi connectivity index (χ4n) is 2.97. The molecule has 19 heavy (non-hydrogen) atoms. The molecule has 1 N–H and O–H groups in total. The average Bonchev–Trinajstić information content (AvgIpc) is 2.61. The summed E-state index contributed by atoms with van der Waals surface area (Å²) in [5.74, 6) is -1.15. The van der Waals surface area contributed by atoms with Gasteiger partial charge in [-0.3, -0.25) is 0 Å². The molecular formula is C14H16F2N2S. The third-order valence-electron chi connectivity index (χ3n) is 4.46. The molecule has 1 fully saturated rings. The normalized spacial score (nSPS) is 17.6. The van der Waals surface area contributed by atoms with Crippen LogP contribution in [0.15, 0.2) is 12.1 Å². The molecule has 0 atom stereocenters. The monoisotopic (exact) mass is 282 g/mol. The third kappa shape index (κ3) is 2.00. The van der Waals surface area contributed by atoms with E-state index in [1.165, 1.54) is 12.5 Å². The van der Waals surface area contributed by atoms with E-state index in [9.17, 15) is 8.78 Å². The maximum Gasteiger partial charge on any atom is 0.178 e. The van der Waals surface area contributed by atoms with Gasteiger partial charge in [0.1, 0.15) is 11.3 Å². The van der Waals surface area contributed by atoms with E-state index in [1.807, 2.05) is 4.57 Å². The Labute approximate surface area is 115 Å². The molecular weight excluding hydrogens is 266 g/mol. The van der Waals surface area contributed by atoms with Gasteiger partial charge >= 0.3 is 0 Å². The lowest BCUT2D eigenvalue weighted by Crippen LogP contribution is -2.33. The highest BCUT2D eigenvalue weighted by molar-refractivity contribution is 7.71. The Balaban J connectivity index is 2.13. The van der Waals surface area contributed by atoms with E-state index < -0.39 is 11.6 Å². The SMILES string of the molecule is CCC1(Cn2c(=S)[nH]c3c(F)cc(F)cc32)CCC1. The smallest absolute Gasteiger partial charge is 0.178 e. The summed E-state index contributed by atoms with van der Waals surface area (Å²) < 4.78 is 29.4. The molecule has 0 saturated heterocycles. The molecule has 1 aliphatic carbocycles.